The van der Waals surface area contributed by atoms with Crippen LogP contribution in [0.2, 0.25) is 0 Å². The molecule has 10 heteroatoms. The number of amides is 1. The van der Waals surface area contributed by atoms with Crippen molar-refractivity contribution in [2.45, 2.75) is 13.8 Å². The highest BCUT2D eigenvalue weighted by atomic mass is 16.5. The van der Waals surface area contributed by atoms with Gasteiger partial charge in [-0.25, -0.2) is 14.8 Å². The summed E-state index contributed by atoms with van der Waals surface area (Å²) >= 11 is 0. The van der Waals surface area contributed by atoms with E-state index in [1.165, 1.54) is 0 Å². The summed E-state index contributed by atoms with van der Waals surface area (Å²) in [5.74, 6) is 0.382. The first kappa shape index (κ1) is 24.6. The minimum atomic E-state index is -0.404. The number of hydrogen-bond donors (Lipinski definition) is 2. The lowest BCUT2D eigenvalue weighted by molar-refractivity contribution is 0.0526. The molecule has 0 atom stereocenters. The molecule has 0 aliphatic heterocycles. The zero-order chi connectivity index (χ0) is 26.6. The van der Waals surface area contributed by atoms with Gasteiger partial charge in [0.1, 0.15) is 5.82 Å². The molecular formula is C28H25N7O3. The van der Waals surface area contributed by atoms with Gasteiger partial charge in [0.15, 0.2) is 11.5 Å². The third kappa shape index (κ3) is 5.05. The molecule has 3 heterocycles. The van der Waals surface area contributed by atoms with Crippen LogP contribution < -0.4 is 10.6 Å². The molecule has 0 saturated carbocycles. The number of benzene rings is 2. The topological polar surface area (TPSA) is 124 Å². The fraction of sp³-hybridized carbons (Fsp3) is 0.143. The van der Waals surface area contributed by atoms with Gasteiger partial charge in [0.05, 0.1) is 23.8 Å². The maximum Gasteiger partial charge on any atom is 0.338 e. The predicted octanol–water partition coefficient (Wildman–Crippen LogP) is 4.91. The highest BCUT2D eigenvalue weighted by Crippen LogP contribution is 2.29. The Labute approximate surface area is 218 Å². The Morgan fingerprint density at radius 3 is 2.53 bits per heavy atom. The van der Waals surface area contributed by atoms with E-state index in [9.17, 15) is 9.59 Å². The van der Waals surface area contributed by atoms with E-state index in [-0.39, 0.29) is 5.91 Å². The number of ether oxygens (including phenoxy) is 1. The number of nitrogens with one attached hydrogen (secondary N) is 2. The van der Waals surface area contributed by atoms with Crippen LogP contribution in [0.15, 0.2) is 73.2 Å². The van der Waals surface area contributed by atoms with Gasteiger partial charge in [-0.1, -0.05) is 6.07 Å². The van der Waals surface area contributed by atoms with Gasteiger partial charge in [-0.2, -0.15) is 5.10 Å². The molecule has 1 amide bonds. The van der Waals surface area contributed by atoms with Crippen molar-refractivity contribution in [3.63, 3.8) is 0 Å². The zero-order valence-electron chi connectivity index (χ0n) is 21.1. The van der Waals surface area contributed by atoms with Crippen molar-refractivity contribution in [3.05, 3.63) is 89.9 Å². The Kier molecular flexibility index (Phi) is 6.77. The lowest BCUT2D eigenvalue weighted by Gasteiger charge is -2.13. The maximum absolute atomic E-state index is 13.0. The number of nitrogens with zero attached hydrogens (tertiary/aromatic N) is 5. The second kappa shape index (κ2) is 10.5. The van der Waals surface area contributed by atoms with Crippen LogP contribution in [-0.2, 0) is 11.8 Å². The van der Waals surface area contributed by atoms with Gasteiger partial charge in [0.2, 0.25) is 0 Å². The third-order valence-corrected chi connectivity index (χ3v) is 5.92. The summed E-state index contributed by atoms with van der Waals surface area (Å²) in [6, 6.07) is 15.7. The molecular weight excluding hydrogens is 482 g/mol. The van der Waals surface area contributed by atoms with Gasteiger partial charge < -0.3 is 15.4 Å². The van der Waals surface area contributed by atoms with Crippen LogP contribution in [0.4, 0.5) is 17.2 Å². The average molecular weight is 508 g/mol. The first-order valence-electron chi connectivity index (χ1n) is 12.0. The Hall–Kier alpha value is -5.12. The fourth-order valence-corrected chi connectivity index (χ4v) is 3.87. The van der Waals surface area contributed by atoms with Gasteiger partial charge in [0, 0.05) is 41.9 Å². The van der Waals surface area contributed by atoms with Gasteiger partial charge in [-0.15, -0.1) is 0 Å². The van der Waals surface area contributed by atoms with E-state index >= 15 is 0 Å². The molecule has 3 aromatic heterocycles. The minimum Gasteiger partial charge on any atom is -0.462 e. The molecule has 190 valence electrons. The molecule has 0 unspecified atom stereocenters. The van der Waals surface area contributed by atoms with Gasteiger partial charge >= 0.3 is 5.97 Å². The van der Waals surface area contributed by atoms with Crippen LogP contribution in [0.3, 0.4) is 0 Å². The van der Waals surface area contributed by atoms with E-state index in [2.05, 4.69) is 25.7 Å². The van der Waals surface area contributed by atoms with E-state index in [1.54, 1.807) is 66.6 Å². The molecule has 0 fully saturated rings. The molecule has 0 saturated heterocycles. The van der Waals surface area contributed by atoms with Crippen molar-refractivity contribution >= 4 is 40.1 Å². The van der Waals surface area contributed by atoms with Crippen LogP contribution in [0, 0.1) is 6.92 Å². The van der Waals surface area contributed by atoms with E-state index in [0.29, 0.717) is 40.7 Å². The molecule has 0 bridgehead atoms. The van der Waals surface area contributed by atoms with Crippen molar-refractivity contribution in [1.29, 1.82) is 0 Å². The number of carbonyl (C=O) groups is 2. The summed E-state index contributed by atoms with van der Waals surface area (Å²) in [4.78, 5) is 38.5. The second-order valence-electron chi connectivity index (χ2n) is 8.55. The van der Waals surface area contributed by atoms with Crippen LogP contribution in [-0.4, -0.2) is 43.2 Å². The van der Waals surface area contributed by atoms with E-state index in [1.807, 2.05) is 32.2 Å². The standard InChI is InChI=1S/C28H25N7O3/c1-4-38-28(37)18-9-11-21(12-10-18)31-27(36)19-8-7-17(2)23(14-19)32-25-22-16-30-35(3)26(22)34-24(33-25)20-6-5-13-29-15-20/h5-16H,4H2,1-3H3,(H,31,36)(H,32,33,34). The van der Waals surface area contributed by atoms with Crippen LogP contribution in [0.5, 0.6) is 0 Å². The highest BCUT2D eigenvalue weighted by molar-refractivity contribution is 6.05. The maximum atomic E-state index is 13.0. The van der Waals surface area contributed by atoms with Crippen LogP contribution in [0.1, 0.15) is 33.2 Å². The molecule has 0 aliphatic rings. The molecule has 38 heavy (non-hydrogen) atoms. The van der Waals surface area contributed by atoms with E-state index in [0.717, 1.165) is 22.2 Å². The SMILES string of the molecule is CCOC(=O)c1ccc(NC(=O)c2ccc(C)c(Nc3nc(-c4cccnc4)nc4c3cnn4C)c2)cc1. The summed E-state index contributed by atoms with van der Waals surface area (Å²) < 4.78 is 6.69. The smallest absolute Gasteiger partial charge is 0.338 e. The van der Waals surface area contributed by atoms with Gasteiger partial charge in [-0.05, 0) is 67.9 Å². The van der Waals surface area contributed by atoms with E-state index in [4.69, 9.17) is 9.72 Å². The third-order valence-electron chi connectivity index (χ3n) is 5.92. The summed E-state index contributed by atoms with van der Waals surface area (Å²) in [7, 11) is 1.82. The lowest BCUT2D eigenvalue weighted by Crippen LogP contribution is -2.13. The molecule has 10 nitrogen and oxygen atoms in total. The Balaban J connectivity index is 1.42. The first-order chi connectivity index (χ1) is 18.4. The Morgan fingerprint density at radius 1 is 1.00 bits per heavy atom. The van der Waals surface area contributed by atoms with Crippen molar-refractivity contribution < 1.29 is 14.3 Å². The monoisotopic (exact) mass is 507 g/mol. The van der Waals surface area contributed by atoms with Crippen molar-refractivity contribution in [2.24, 2.45) is 7.05 Å². The van der Waals surface area contributed by atoms with Gasteiger partial charge in [-0.3, -0.25) is 14.5 Å². The first-order valence-corrected chi connectivity index (χ1v) is 12.0. The van der Waals surface area contributed by atoms with Crippen molar-refractivity contribution in [1.82, 2.24) is 24.7 Å². The fourth-order valence-electron chi connectivity index (χ4n) is 3.87. The second-order valence-corrected chi connectivity index (χ2v) is 8.55. The Bertz CT molecular complexity index is 1630. The summed E-state index contributed by atoms with van der Waals surface area (Å²) in [5.41, 5.74) is 4.53. The summed E-state index contributed by atoms with van der Waals surface area (Å²) in [5, 5.41) is 11.3. The summed E-state index contributed by atoms with van der Waals surface area (Å²) in [6.45, 7) is 4.00. The van der Waals surface area contributed by atoms with Crippen molar-refractivity contribution in [2.75, 3.05) is 17.2 Å². The molecule has 0 spiro atoms. The number of rotatable bonds is 7. The largest absolute Gasteiger partial charge is 0.462 e. The number of pyridine rings is 1. The molecule has 5 rings (SSSR count). The molecule has 2 N–H and O–H groups in total. The molecule has 2 aromatic carbocycles. The number of hydrogen-bond acceptors (Lipinski definition) is 8. The summed E-state index contributed by atoms with van der Waals surface area (Å²) in [6.07, 6.45) is 5.10. The zero-order valence-corrected chi connectivity index (χ0v) is 21.1. The molecule has 0 aliphatic carbocycles. The normalized spacial score (nSPS) is 10.8. The average Bonchev–Trinajstić information content (AvgIpc) is 3.31. The quantitative estimate of drug-likeness (QED) is 0.298. The minimum absolute atomic E-state index is 0.290. The number of fused-ring (bicyclic) bond motifs is 1. The van der Waals surface area contributed by atoms with Gasteiger partial charge in [0.25, 0.3) is 5.91 Å². The highest BCUT2D eigenvalue weighted by Gasteiger charge is 2.16. The van der Waals surface area contributed by atoms with Crippen molar-refractivity contribution in [3.8, 4) is 11.4 Å². The lowest BCUT2D eigenvalue weighted by atomic mass is 10.1. The van der Waals surface area contributed by atoms with Crippen LogP contribution in [0.25, 0.3) is 22.4 Å². The van der Waals surface area contributed by atoms with Crippen LogP contribution >= 0.6 is 0 Å². The predicted molar refractivity (Wildman–Crippen MR) is 144 cm³/mol. The number of anilines is 3. The molecule has 0 radical (unpaired) electrons. The number of aryl methyl sites for hydroxylation is 2. The Morgan fingerprint density at radius 2 is 1.79 bits per heavy atom. The number of aromatic nitrogens is 5. The number of carbonyl (C=O) groups excluding carboxylic acids is 2. The number of esters is 1. The van der Waals surface area contributed by atoms with E-state index < -0.39 is 5.97 Å². The molecule has 5 aromatic rings.